The quantitative estimate of drug-likeness (QED) is 0.567. The summed E-state index contributed by atoms with van der Waals surface area (Å²) < 4.78 is 0. The normalized spacial score (nSPS) is 17.7. The second-order valence-corrected chi connectivity index (χ2v) is 6.76. The zero-order chi connectivity index (χ0) is 18.6. The molecular formula is C18H20ClN5O2. The van der Waals surface area contributed by atoms with Crippen LogP contribution in [-0.2, 0) is 4.79 Å². The van der Waals surface area contributed by atoms with Gasteiger partial charge in [0.05, 0.1) is 5.56 Å². The minimum absolute atomic E-state index is 0.0638. The van der Waals surface area contributed by atoms with Gasteiger partial charge in [0, 0.05) is 58.1 Å². The average Bonchev–Trinajstić information content (AvgIpc) is 3.45. The summed E-state index contributed by atoms with van der Waals surface area (Å²) in [5.41, 5.74) is -0.0435. The summed E-state index contributed by atoms with van der Waals surface area (Å²) in [7, 11) is 0. The van der Waals surface area contributed by atoms with E-state index < -0.39 is 5.66 Å². The van der Waals surface area contributed by atoms with E-state index in [0.29, 0.717) is 57.4 Å². The molecule has 2 amide bonds. The van der Waals surface area contributed by atoms with Crippen LogP contribution in [0.25, 0.3) is 0 Å². The van der Waals surface area contributed by atoms with Crippen LogP contribution in [0.5, 0.6) is 0 Å². The molecule has 7 nitrogen and oxygen atoms in total. The van der Waals surface area contributed by atoms with Gasteiger partial charge in [-0.15, -0.1) is 12.3 Å². The first kappa shape index (κ1) is 18.3. The van der Waals surface area contributed by atoms with Crippen molar-refractivity contribution in [3.8, 4) is 12.3 Å². The van der Waals surface area contributed by atoms with Crippen LogP contribution >= 0.6 is 11.6 Å². The first-order valence-electron chi connectivity index (χ1n) is 8.60. The lowest BCUT2D eigenvalue weighted by molar-refractivity contribution is -0.132. The van der Waals surface area contributed by atoms with Gasteiger partial charge in [0.15, 0.2) is 5.66 Å². The monoisotopic (exact) mass is 373 g/mol. The number of amides is 2. The molecule has 1 saturated heterocycles. The lowest BCUT2D eigenvalue weighted by Gasteiger charge is -2.35. The smallest absolute Gasteiger partial charge is 0.257 e. The van der Waals surface area contributed by atoms with Crippen LogP contribution in [0.2, 0.25) is 5.15 Å². The topological polar surface area (TPSA) is 78.2 Å². The number of piperazine rings is 1. The van der Waals surface area contributed by atoms with Gasteiger partial charge < -0.3 is 9.80 Å². The molecule has 2 aliphatic rings. The summed E-state index contributed by atoms with van der Waals surface area (Å²) in [5, 5.41) is 8.31. The number of halogens is 1. The predicted octanol–water partition coefficient (Wildman–Crippen LogP) is 2.38. The Morgan fingerprint density at radius 1 is 1.19 bits per heavy atom. The molecule has 1 aromatic heterocycles. The zero-order valence-electron chi connectivity index (χ0n) is 14.4. The number of nitrogens with zero attached hydrogens (tertiary/aromatic N) is 5. The van der Waals surface area contributed by atoms with Crippen molar-refractivity contribution >= 4 is 23.4 Å². The predicted molar refractivity (Wildman–Crippen MR) is 96.6 cm³/mol. The van der Waals surface area contributed by atoms with E-state index in [1.54, 1.807) is 28.1 Å². The SMILES string of the molecule is C#CCCC1(CCC(=O)N2CCN(C(=O)c3cccnc3Cl)CC2)N=N1. The molecule has 8 heteroatoms. The largest absolute Gasteiger partial charge is 0.339 e. The highest BCUT2D eigenvalue weighted by Crippen LogP contribution is 2.37. The van der Waals surface area contributed by atoms with Crippen LogP contribution in [0, 0.1) is 12.3 Å². The Labute approximate surface area is 157 Å². The first-order valence-corrected chi connectivity index (χ1v) is 8.97. The summed E-state index contributed by atoms with van der Waals surface area (Å²) in [5.74, 6) is 2.49. The van der Waals surface area contributed by atoms with E-state index in [0.717, 1.165) is 0 Å². The van der Waals surface area contributed by atoms with E-state index in [-0.39, 0.29) is 17.0 Å². The summed E-state index contributed by atoms with van der Waals surface area (Å²) in [4.78, 5) is 32.4. The maximum Gasteiger partial charge on any atom is 0.257 e. The number of carbonyl (C=O) groups is 2. The molecule has 1 aromatic rings. The first-order chi connectivity index (χ1) is 12.5. The number of carbonyl (C=O) groups excluding carboxylic acids is 2. The number of hydrogen-bond donors (Lipinski definition) is 0. The van der Waals surface area contributed by atoms with Gasteiger partial charge in [0.2, 0.25) is 5.91 Å². The number of aromatic nitrogens is 1. The Morgan fingerprint density at radius 3 is 2.50 bits per heavy atom. The molecule has 1 fully saturated rings. The molecule has 0 unspecified atom stereocenters. The van der Waals surface area contributed by atoms with Crippen molar-refractivity contribution in [3.05, 3.63) is 29.0 Å². The number of pyridine rings is 1. The van der Waals surface area contributed by atoms with Crippen molar-refractivity contribution in [2.75, 3.05) is 26.2 Å². The van der Waals surface area contributed by atoms with E-state index in [1.807, 2.05) is 0 Å². The van der Waals surface area contributed by atoms with E-state index in [1.165, 1.54) is 0 Å². The van der Waals surface area contributed by atoms with Gasteiger partial charge in [-0.05, 0) is 12.1 Å². The van der Waals surface area contributed by atoms with Crippen LogP contribution < -0.4 is 0 Å². The maximum atomic E-state index is 12.5. The fourth-order valence-electron chi connectivity index (χ4n) is 3.01. The lowest BCUT2D eigenvalue weighted by atomic mass is 10.0. The summed E-state index contributed by atoms with van der Waals surface area (Å²) in [6, 6.07) is 3.34. The van der Waals surface area contributed by atoms with E-state index >= 15 is 0 Å². The Bertz CT molecular complexity index is 759. The van der Waals surface area contributed by atoms with Crippen LogP contribution in [0.15, 0.2) is 28.6 Å². The fourth-order valence-corrected chi connectivity index (χ4v) is 3.21. The third-order valence-corrected chi connectivity index (χ3v) is 5.00. The second-order valence-electron chi connectivity index (χ2n) is 6.40. The molecule has 0 spiro atoms. The Balaban J connectivity index is 1.46. The van der Waals surface area contributed by atoms with Crippen molar-refractivity contribution in [1.82, 2.24) is 14.8 Å². The Hall–Kier alpha value is -2.46. The zero-order valence-corrected chi connectivity index (χ0v) is 15.2. The third kappa shape index (κ3) is 4.20. The van der Waals surface area contributed by atoms with Crippen LogP contribution in [-0.4, -0.2) is 58.4 Å². The Kier molecular flexibility index (Phi) is 5.52. The Morgan fingerprint density at radius 2 is 1.88 bits per heavy atom. The number of terminal acetylenes is 1. The van der Waals surface area contributed by atoms with Crippen molar-refractivity contribution in [1.29, 1.82) is 0 Å². The summed E-state index contributed by atoms with van der Waals surface area (Å²) >= 11 is 5.99. The average molecular weight is 374 g/mol. The van der Waals surface area contributed by atoms with Crippen LogP contribution in [0.1, 0.15) is 36.0 Å². The molecule has 0 aliphatic carbocycles. The maximum absolute atomic E-state index is 12.5. The van der Waals surface area contributed by atoms with Crippen LogP contribution in [0.3, 0.4) is 0 Å². The molecule has 26 heavy (non-hydrogen) atoms. The van der Waals surface area contributed by atoms with Gasteiger partial charge in [-0.1, -0.05) is 11.6 Å². The molecule has 0 bridgehead atoms. The molecule has 3 rings (SSSR count). The van der Waals surface area contributed by atoms with Gasteiger partial charge >= 0.3 is 0 Å². The van der Waals surface area contributed by atoms with Crippen LogP contribution in [0.4, 0.5) is 0 Å². The molecule has 2 aliphatic heterocycles. The van der Waals surface area contributed by atoms with Gasteiger partial charge in [-0.3, -0.25) is 9.59 Å². The standard InChI is InChI=1S/C18H20ClN5O2/c1-2-3-7-18(21-22-18)8-6-15(25)23-10-12-24(13-11-23)17(26)14-5-4-9-20-16(14)19/h1,4-5,9H,3,6-8,10-13H2. The number of hydrogen-bond acceptors (Lipinski definition) is 5. The second kappa shape index (κ2) is 7.83. The molecule has 0 aromatic carbocycles. The molecule has 0 radical (unpaired) electrons. The fraction of sp³-hybridized carbons (Fsp3) is 0.500. The van der Waals surface area contributed by atoms with Gasteiger partial charge in [0.1, 0.15) is 5.15 Å². The van der Waals surface area contributed by atoms with E-state index in [2.05, 4.69) is 21.1 Å². The van der Waals surface area contributed by atoms with Crippen molar-refractivity contribution in [2.24, 2.45) is 10.2 Å². The van der Waals surface area contributed by atoms with E-state index in [4.69, 9.17) is 18.0 Å². The molecule has 0 atom stereocenters. The summed E-state index contributed by atoms with van der Waals surface area (Å²) in [6.45, 7) is 1.97. The highest BCUT2D eigenvalue weighted by atomic mass is 35.5. The highest BCUT2D eigenvalue weighted by Gasteiger charge is 2.39. The number of rotatable bonds is 6. The van der Waals surface area contributed by atoms with Gasteiger partial charge in [0.25, 0.3) is 5.91 Å². The lowest BCUT2D eigenvalue weighted by Crippen LogP contribution is -2.50. The third-order valence-electron chi connectivity index (χ3n) is 4.70. The minimum atomic E-state index is -0.434. The summed E-state index contributed by atoms with van der Waals surface area (Å²) in [6.07, 6.45) is 9.11. The van der Waals surface area contributed by atoms with Crippen molar-refractivity contribution in [3.63, 3.8) is 0 Å². The van der Waals surface area contributed by atoms with Gasteiger partial charge in [-0.2, -0.15) is 10.2 Å². The highest BCUT2D eigenvalue weighted by molar-refractivity contribution is 6.32. The molecular weight excluding hydrogens is 354 g/mol. The van der Waals surface area contributed by atoms with Crippen molar-refractivity contribution in [2.45, 2.75) is 31.3 Å². The minimum Gasteiger partial charge on any atom is -0.339 e. The molecule has 0 N–H and O–H groups in total. The molecule has 3 heterocycles. The molecule has 0 saturated carbocycles. The van der Waals surface area contributed by atoms with Crippen molar-refractivity contribution < 1.29 is 9.59 Å². The van der Waals surface area contributed by atoms with E-state index in [9.17, 15) is 9.59 Å². The van der Waals surface area contributed by atoms with Gasteiger partial charge in [-0.25, -0.2) is 4.98 Å². The molecule has 136 valence electrons.